The second-order valence-corrected chi connectivity index (χ2v) is 9.55. The maximum absolute atomic E-state index is 12.9. The van der Waals surface area contributed by atoms with Gasteiger partial charge in [-0.1, -0.05) is 13.2 Å². The van der Waals surface area contributed by atoms with Crippen LogP contribution in [0.25, 0.3) is 0 Å². The van der Waals surface area contributed by atoms with Crippen LogP contribution in [-0.2, 0) is 38.1 Å². The topological polar surface area (TPSA) is 146 Å². The summed E-state index contributed by atoms with van der Waals surface area (Å²) in [6.07, 6.45) is -0.957. The van der Waals surface area contributed by atoms with Gasteiger partial charge in [-0.15, -0.1) is 0 Å². The van der Waals surface area contributed by atoms with E-state index >= 15 is 0 Å². The summed E-state index contributed by atoms with van der Waals surface area (Å²) in [6.45, 7) is 18.3. The molecule has 0 saturated heterocycles. The smallest absolute Gasteiger partial charge is 0.408 e. The highest BCUT2D eigenvalue weighted by molar-refractivity contribution is 5.91. The largest absolute Gasteiger partial charge is 0.460 e. The summed E-state index contributed by atoms with van der Waals surface area (Å²) in [7, 11) is 0. The van der Waals surface area contributed by atoms with Gasteiger partial charge in [0.2, 0.25) is 5.91 Å². The number of amides is 2. The van der Waals surface area contributed by atoms with Crippen LogP contribution < -0.4 is 10.6 Å². The van der Waals surface area contributed by atoms with Gasteiger partial charge in [-0.3, -0.25) is 4.79 Å². The van der Waals surface area contributed by atoms with Crippen molar-refractivity contribution in [1.29, 1.82) is 0 Å². The van der Waals surface area contributed by atoms with Crippen molar-refractivity contribution in [2.75, 3.05) is 13.2 Å². The highest BCUT2D eigenvalue weighted by Gasteiger charge is 2.32. The van der Waals surface area contributed by atoms with Crippen molar-refractivity contribution in [1.82, 2.24) is 10.6 Å². The lowest BCUT2D eigenvalue weighted by molar-refractivity contribution is -0.162. The van der Waals surface area contributed by atoms with Gasteiger partial charge in [0.05, 0.1) is 0 Å². The molecule has 0 rings (SSSR count). The van der Waals surface area contributed by atoms with E-state index in [0.717, 1.165) is 0 Å². The van der Waals surface area contributed by atoms with Crippen molar-refractivity contribution in [3.8, 4) is 0 Å². The zero-order chi connectivity index (χ0) is 26.9. The number of hydrogen-bond donors (Lipinski definition) is 2. The molecule has 0 heterocycles. The summed E-state index contributed by atoms with van der Waals surface area (Å²) in [5.74, 6) is -3.36. The third kappa shape index (κ3) is 13.2. The monoisotopic (exact) mass is 484 g/mol. The van der Waals surface area contributed by atoms with E-state index in [1.165, 1.54) is 13.8 Å². The number of carbonyl (C=O) groups excluding carboxylic acids is 5. The second kappa shape index (κ2) is 12.8. The SMILES string of the molecule is C=C(C)C(=O)OC[C@H](NC(=O)OC(C)(C)C)C(=O)N[C@@H](COC(=O)C(=C)C)C(=O)OC(C)(C)C. The van der Waals surface area contributed by atoms with Crippen LogP contribution in [0.3, 0.4) is 0 Å². The molecular formula is C23H36N2O9. The fraction of sp³-hybridized carbons (Fsp3) is 0.609. The normalized spacial score (nSPS) is 12.9. The molecule has 11 nitrogen and oxygen atoms in total. The Kier molecular flexibility index (Phi) is 11.5. The quantitative estimate of drug-likeness (QED) is 0.270. The van der Waals surface area contributed by atoms with E-state index in [9.17, 15) is 24.0 Å². The summed E-state index contributed by atoms with van der Waals surface area (Å²) in [6, 6.07) is -2.87. The Bertz CT molecular complexity index is 819. The van der Waals surface area contributed by atoms with E-state index < -0.39 is 66.4 Å². The van der Waals surface area contributed by atoms with Gasteiger partial charge in [-0.25, -0.2) is 19.2 Å². The average Bonchev–Trinajstić information content (AvgIpc) is 2.64. The van der Waals surface area contributed by atoms with Crippen LogP contribution in [0.1, 0.15) is 55.4 Å². The Labute approximate surface area is 200 Å². The van der Waals surface area contributed by atoms with Gasteiger partial charge in [-0.2, -0.15) is 0 Å². The lowest BCUT2D eigenvalue weighted by atomic mass is 10.2. The molecule has 0 aliphatic heterocycles. The molecule has 0 unspecified atom stereocenters. The van der Waals surface area contributed by atoms with Crippen LogP contribution in [0.2, 0.25) is 0 Å². The number of hydrogen-bond acceptors (Lipinski definition) is 9. The van der Waals surface area contributed by atoms with Crippen molar-refractivity contribution >= 4 is 29.9 Å². The number of esters is 3. The van der Waals surface area contributed by atoms with Crippen LogP contribution in [0.5, 0.6) is 0 Å². The van der Waals surface area contributed by atoms with Crippen molar-refractivity contribution in [3.63, 3.8) is 0 Å². The van der Waals surface area contributed by atoms with E-state index in [1.807, 2.05) is 0 Å². The third-order valence-corrected chi connectivity index (χ3v) is 3.47. The predicted molar refractivity (Wildman–Crippen MR) is 122 cm³/mol. The number of nitrogens with one attached hydrogen (secondary N) is 2. The number of alkyl carbamates (subject to hydrolysis) is 1. The summed E-state index contributed by atoms with van der Waals surface area (Å²) in [5, 5.41) is 4.64. The van der Waals surface area contributed by atoms with Gasteiger partial charge in [0.25, 0.3) is 0 Å². The van der Waals surface area contributed by atoms with Gasteiger partial charge < -0.3 is 29.6 Å². The lowest BCUT2D eigenvalue weighted by Gasteiger charge is -2.26. The molecule has 0 aromatic rings. The number of rotatable bonds is 10. The van der Waals surface area contributed by atoms with Crippen LogP contribution in [0.4, 0.5) is 4.79 Å². The first kappa shape index (κ1) is 30.6. The Morgan fingerprint density at radius 1 is 0.706 bits per heavy atom. The van der Waals surface area contributed by atoms with E-state index in [4.69, 9.17) is 18.9 Å². The van der Waals surface area contributed by atoms with E-state index in [2.05, 4.69) is 23.8 Å². The van der Waals surface area contributed by atoms with Gasteiger partial charge in [0, 0.05) is 11.1 Å². The van der Waals surface area contributed by atoms with Crippen molar-refractivity contribution < 1.29 is 42.9 Å². The minimum atomic E-state index is -1.44. The van der Waals surface area contributed by atoms with Crippen molar-refractivity contribution in [2.24, 2.45) is 0 Å². The van der Waals surface area contributed by atoms with E-state index in [-0.39, 0.29) is 11.1 Å². The maximum atomic E-state index is 12.9. The summed E-state index contributed by atoms with van der Waals surface area (Å²) in [4.78, 5) is 61.3. The molecule has 11 heteroatoms. The Balaban J connectivity index is 5.67. The summed E-state index contributed by atoms with van der Waals surface area (Å²) >= 11 is 0. The minimum Gasteiger partial charge on any atom is -0.460 e. The van der Waals surface area contributed by atoms with Crippen LogP contribution in [0.15, 0.2) is 24.3 Å². The Morgan fingerprint density at radius 2 is 1.12 bits per heavy atom. The fourth-order valence-corrected chi connectivity index (χ4v) is 2.01. The lowest BCUT2D eigenvalue weighted by Crippen LogP contribution is -2.56. The standard InChI is InChI=1S/C23H36N2O9/c1-13(2)18(27)31-11-15(25-21(30)34-23(8,9)10)17(26)24-16(12-32-19(28)14(3)4)20(29)33-22(5,6)7/h15-16H,1,3,11-12H2,2,4-10H3,(H,24,26)(H,25,30)/t15-,16-/m0/s1. The molecule has 0 saturated carbocycles. The molecular weight excluding hydrogens is 448 g/mol. The van der Waals surface area contributed by atoms with Gasteiger partial charge >= 0.3 is 24.0 Å². The van der Waals surface area contributed by atoms with Gasteiger partial charge in [-0.05, 0) is 55.4 Å². The van der Waals surface area contributed by atoms with Gasteiger partial charge in [0.15, 0.2) is 6.04 Å². The van der Waals surface area contributed by atoms with E-state index in [0.29, 0.717) is 0 Å². The van der Waals surface area contributed by atoms with Gasteiger partial charge in [0.1, 0.15) is 30.5 Å². The maximum Gasteiger partial charge on any atom is 0.408 e. The van der Waals surface area contributed by atoms with Crippen molar-refractivity contribution in [3.05, 3.63) is 24.3 Å². The van der Waals surface area contributed by atoms with E-state index in [1.54, 1.807) is 41.5 Å². The first-order valence-electron chi connectivity index (χ1n) is 10.5. The first-order valence-corrected chi connectivity index (χ1v) is 10.5. The number of carbonyl (C=O) groups is 5. The van der Waals surface area contributed by atoms with Crippen molar-refractivity contribution in [2.45, 2.75) is 78.7 Å². The second-order valence-electron chi connectivity index (χ2n) is 9.55. The molecule has 0 bridgehead atoms. The predicted octanol–water partition coefficient (Wildman–Crippen LogP) is 1.94. The Morgan fingerprint density at radius 3 is 1.50 bits per heavy atom. The summed E-state index contributed by atoms with van der Waals surface area (Å²) < 4.78 is 20.4. The molecule has 0 aliphatic rings. The zero-order valence-corrected chi connectivity index (χ0v) is 21.2. The highest BCUT2D eigenvalue weighted by Crippen LogP contribution is 2.10. The number of ether oxygens (including phenoxy) is 4. The highest BCUT2D eigenvalue weighted by atomic mass is 16.6. The molecule has 34 heavy (non-hydrogen) atoms. The molecule has 0 aliphatic carbocycles. The molecule has 2 N–H and O–H groups in total. The first-order chi connectivity index (χ1) is 15.3. The molecule has 2 atom stereocenters. The molecule has 0 aromatic heterocycles. The van der Waals surface area contributed by atoms with Crippen LogP contribution in [-0.4, -0.2) is 66.4 Å². The molecule has 0 fully saturated rings. The van der Waals surface area contributed by atoms with Crippen LogP contribution >= 0.6 is 0 Å². The third-order valence-electron chi connectivity index (χ3n) is 3.47. The van der Waals surface area contributed by atoms with Crippen LogP contribution in [0, 0.1) is 0 Å². The molecule has 192 valence electrons. The minimum absolute atomic E-state index is 0.0785. The zero-order valence-electron chi connectivity index (χ0n) is 21.2. The molecule has 0 radical (unpaired) electrons. The molecule has 0 spiro atoms. The summed E-state index contributed by atoms with van der Waals surface area (Å²) in [5.41, 5.74) is -1.60. The average molecular weight is 485 g/mol. The molecule has 2 amide bonds. The Hall–Kier alpha value is -3.37. The fourth-order valence-electron chi connectivity index (χ4n) is 2.01. The molecule has 0 aromatic carbocycles.